The molecular weight excluding hydrogens is 148 g/mol. The standard InChI is InChI=1S/C6H12N2O3/c1-10-8-3-2-5(4-8)11-6(7)9/h5H,2-4H2,1H3,(H2,7,9). The Morgan fingerprint density at radius 3 is 2.91 bits per heavy atom. The number of ether oxygens (including phenoxy) is 1. The van der Waals surface area contributed by atoms with E-state index in [1.54, 1.807) is 12.2 Å². The number of amides is 1. The van der Waals surface area contributed by atoms with Crippen molar-refractivity contribution in [1.82, 2.24) is 5.06 Å². The summed E-state index contributed by atoms with van der Waals surface area (Å²) >= 11 is 0. The molecule has 0 saturated carbocycles. The molecule has 0 radical (unpaired) electrons. The lowest BCUT2D eigenvalue weighted by molar-refractivity contribution is -0.118. The minimum Gasteiger partial charge on any atom is -0.445 e. The smallest absolute Gasteiger partial charge is 0.404 e. The van der Waals surface area contributed by atoms with Gasteiger partial charge in [-0.25, -0.2) is 4.79 Å². The Labute approximate surface area is 65.0 Å². The first kappa shape index (κ1) is 8.29. The Kier molecular flexibility index (Phi) is 2.67. The van der Waals surface area contributed by atoms with Crippen molar-refractivity contribution >= 4 is 6.09 Å². The summed E-state index contributed by atoms with van der Waals surface area (Å²) in [5, 5.41) is 1.73. The molecule has 1 heterocycles. The van der Waals surface area contributed by atoms with Gasteiger partial charge in [-0.15, -0.1) is 0 Å². The Balaban J connectivity index is 2.24. The molecule has 0 aromatic heterocycles. The van der Waals surface area contributed by atoms with Crippen molar-refractivity contribution in [3.05, 3.63) is 0 Å². The van der Waals surface area contributed by atoms with Crippen molar-refractivity contribution in [1.29, 1.82) is 0 Å². The third-order valence-electron chi connectivity index (χ3n) is 1.65. The Morgan fingerprint density at radius 1 is 1.73 bits per heavy atom. The van der Waals surface area contributed by atoms with Crippen molar-refractivity contribution < 1.29 is 14.4 Å². The SMILES string of the molecule is CON1CCC(OC(N)=O)C1. The number of hydrogen-bond donors (Lipinski definition) is 1. The van der Waals surface area contributed by atoms with E-state index in [0.717, 1.165) is 13.0 Å². The number of hydrogen-bond acceptors (Lipinski definition) is 4. The quantitative estimate of drug-likeness (QED) is 0.603. The third kappa shape index (κ3) is 2.36. The van der Waals surface area contributed by atoms with E-state index in [1.165, 1.54) is 0 Å². The second-order valence-electron chi connectivity index (χ2n) is 2.42. The second-order valence-corrected chi connectivity index (χ2v) is 2.42. The summed E-state index contributed by atoms with van der Waals surface area (Å²) in [5.41, 5.74) is 4.84. The van der Waals surface area contributed by atoms with Crippen LogP contribution in [0.4, 0.5) is 4.79 Å². The Bertz CT molecular complexity index is 151. The van der Waals surface area contributed by atoms with E-state index >= 15 is 0 Å². The zero-order chi connectivity index (χ0) is 8.27. The summed E-state index contributed by atoms with van der Waals surface area (Å²) in [6.45, 7) is 1.40. The molecule has 1 rings (SSSR count). The van der Waals surface area contributed by atoms with Crippen molar-refractivity contribution in [2.45, 2.75) is 12.5 Å². The van der Waals surface area contributed by atoms with Crippen molar-refractivity contribution in [2.24, 2.45) is 5.73 Å². The molecule has 5 nitrogen and oxygen atoms in total. The lowest BCUT2D eigenvalue weighted by Gasteiger charge is -2.11. The summed E-state index contributed by atoms with van der Waals surface area (Å²) in [6.07, 6.45) is -0.0306. The third-order valence-corrected chi connectivity index (χ3v) is 1.65. The van der Waals surface area contributed by atoms with Gasteiger partial charge in [0.15, 0.2) is 0 Å². The normalized spacial score (nSPS) is 25.4. The second kappa shape index (κ2) is 3.54. The molecule has 0 spiro atoms. The van der Waals surface area contributed by atoms with Gasteiger partial charge in [0.05, 0.1) is 13.7 Å². The van der Waals surface area contributed by atoms with E-state index in [2.05, 4.69) is 0 Å². The summed E-state index contributed by atoms with van der Waals surface area (Å²) < 4.78 is 4.76. The molecule has 0 bridgehead atoms. The lowest BCUT2D eigenvalue weighted by Crippen LogP contribution is -2.26. The van der Waals surface area contributed by atoms with Crippen LogP contribution >= 0.6 is 0 Å². The average molecular weight is 160 g/mol. The van der Waals surface area contributed by atoms with Crippen LogP contribution in [-0.4, -0.2) is 37.5 Å². The lowest BCUT2D eigenvalue weighted by atomic mass is 10.3. The molecule has 1 fully saturated rings. The van der Waals surface area contributed by atoms with Crippen molar-refractivity contribution in [3.63, 3.8) is 0 Å². The molecule has 64 valence electrons. The fourth-order valence-corrected chi connectivity index (χ4v) is 1.12. The minimum atomic E-state index is -0.715. The van der Waals surface area contributed by atoms with E-state index in [-0.39, 0.29) is 6.10 Å². The van der Waals surface area contributed by atoms with Gasteiger partial charge in [-0.2, -0.15) is 5.06 Å². The molecule has 1 amide bonds. The molecular formula is C6H12N2O3. The predicted octanol–water partition coefficient (Wildman–Crippen LogP) is -0.283. The first-order valence-corrected chi connectivity index (χ1v) is 3.47. The van der Waals surface area contributed by atoms with Gasteiger partial charge in [-0.05, 0) is 0 Å². The Hall–Kier alpha value is -0.810. The number of rotatable bonds is 2. The maximum Gasteiger partial charge on any atom is 0.404 e. The van der Waals surface area contributed by atoms with Gasteiger partial charge in [0, 0.05) is 13.0 Å². The predicted molar refractivity (Wildman–Crippen MR) is 37.7 cm³/mol. The summed E-state index contributed by atoms with van der Waals surface area (Å²) in [7, 11) is 1.59. The van der Waals surface area contributed by atoms with Crippen LogP contribution in [0.2, 0.25) is 0 Å². The molecule has 1 atom stereocenters. The minimum absolute atomic E-state index is 0.104. The molecule has 5 heteroatoms. The van der Waals surface area contributed by atoms with Crippen LogP contribution in [0.25, 0.3) is 0 Å². The highest BCUT2D eigenvalue weighted by Gasteiger charge is 2.24. The number of nitrogens with zero attached hydrogens (tertiary/aromatic N) is 1. The highest BCUT2D eigenvalue weighted by atomic mass is 16.7. The summed E-state index contributed by atoms with van der Waals surface area (Å²) in [4.78, 5) is 15.2. The topological polar surface area (TPSA) is 64.8 Å². The maximum atomic E-state index is 10.3. The van der Waals surface area contributed by atoms with E-state index in [0.29, 0.717) is 6.54 Å². The van der Waals surface area contributed by atoms with E-state index in [9.17, 15) is 4.79 Å². The highest BCUT2D eigenvalue weighted by Crippen LogP contribution is 2.11. The van der Waals surface area contributed by atoms with Gasteiger partial charge >= 0.3 is 6.09 Å². The monoisotopic (exact) mass is 160 g/mol. The van der Waals surface area contributed by atoms with Crippen LogP contribution < -0.4 is 5.73 Å². The van der Waals surface area contributed by atoms with E-state index in [1.807, 2.05) is 0 Å². The van der Waals surface area contributed by atoms with Crippen LogP contribution in [0.15, 0.2) is 0 Å². The summed E-state index contributed by atoms with van der Waals surface area (Å²) in [6, 6.07) is 0. The molecule has 1 saturated heterocycles. The Morgan fingerprint density at radius 2 is 2.45 bits per heavy atom. The number of hydroxylamine groups is 2. The molecule has 0 aliphatic carbocycles. The average Bonchev–Trinajstić information content (AvgIpc) is 2.34. The van der Waals surface area contributed by atoms with Gasteiger partial charge in [-0.3, -0.25) is 0 Å². The van der Waals surface area contributed by atoms with Gasteiger partial charge in [0.1, 0.15) is 6.10 Å². The van der Waals surface area contributed by atoms with Crippen LogP contribution in [0, 0.1) is 0 Å². The fourth-order valence-electron chi connectivity index (χ4n) is 1.12. The molecule has 1 aliphatic heterocycles. The van der Waals surface area contributed by atoms with Gasteiger partial charge < -0.3 is 15.3 Å². The van der Waals surface area contributed by atoms with E-state index in [4.69, 9.17) is 15.3 Å². The molecule has 0 aromatic carbocycles. The first-order valence-electron chi connectivity index (χ1n) is 3.47. The van der Waals surface area contributed by atoms with Crippen molar-refractivity contribution in [3.8, 4) is 0 Å². The molecule has 1 aliphatic rings. The summed E-state index contributed by atoms with van der Waals surface area (Å²) in [5.74, 6) is 0. The maximum absolute atomic E-state index is 10.3. The largest absolute Gasteiger partial charge is 0.445 e. The fraction of sp³-hybridized carbons (Fsp3) is 0.833. The molecule has 1 unspecified atom stereocenters. The van der Waals surface area contributed by atoms with Crippen molar-refractivity contribution in [2.75, 3.05) is 20.2 Å². The van der Waals surface area contributed by atoms with Crippen LogP contribution in [0.3, 0.4) is 0 Å². The zero-order valence-electron chi connectivity index (χ0n) is 6.45. The zero-order valence-corrected chi connectivity index (χ0v) is 6.45. The number of carbonyl (C=O) groups excluding carboxylic acids is 1. The van der Waals surface area contributed by atoms with Crippen LogP contribution in [0.1, 0.15) is 6.42 Å². The van der Waals surface area contributed by atoms with Gasteiger partial charge in [-0.1, -0.05) is 0 Å². The first-order chi connectivity index (χ1) is 5.22. The number of primary amides is 1. The number of carbonyl (C=O) groups is 1. The van der Waals surface area contributed by atoms with Gasteiger partial charge in [0.2, 0.25) is 0 Å². The van der Waals surface area contributed by atoms with E-state index < -0.39 is 6.09 Å². The molecule has 11 heavy (non-hydrogen) atoms. The van der Waals surface area contributed by atoms with Gasteiger partial charge in [0.25, 0.3) is 0 Å². The molecule has 2 N–H and O–H groups in total. The highest BCUT2D eigenvalue weighted by molar-refractivity contribution is 5.64. The van der Waals surface area contributed by atoms with Crippen LogP contribution in [-0.2, 0) is 9.57 Å². The molecule has 0 aromatic rings. The van der Waals surface area contributed by atoms with Crippen LogP contribution in [0.5, 0.6) is 0 Å². The number of nitrogens with two attached hydrogens (primary N) is 1.